The van der Waals surface area contributed by atoms with Crippen LogP contribution in [0.5, 0.6) is 0 Å². The summed E-state index contributed by atoms with van der Waals surface area (Å²) in [5, 5.41) is 10.8. The Morgan fingerprint density at radius 2 is 2.25 bits per heavy atom. The van der Waals surface area contributed by atoms with Gasteiger partial charge in [0.2, 0.25) is 0 Å². The molecule has 0 aromatic heterocycles. The Kier molecular flexibility index (Phi) is 3.44. The fraction of sp³-hybridized carbons (Fsp3) is 0.500. The summed E-state index contributed by atoms with van der Waals surface area (Å²) in [5.74, 6) is 0.681. The number of aryl methyl sites for hydroxylation is 1. The number of benzene rings is 1. The molecule has 0 aliphatic heterocycles. The average molecular weight is 240 g/mol. The minimum Gasteiger partial charge on any atom is -0.258 e. The average Bonchev–Trinajstić information content (AvgIpc) is 3.10. The van der Waals surface area contributed by atoms with Gasteiger partial charge in [0.25, 0.3) is 5.69 Å². The van der Waals surface area contributed by atoms with Crippen molar-refractivity contribution >= 4 is 17.3 Å². The lowest BCUT2D eigenvalue weighted by molar-refractivity contribution is -0.384. The molecule has 1 aliphatic rings. The Labute approximate surface area is 99.6 Å². The number of halogens is 1. The van der Waals surface area contributed by atoms with Crippen LogP contribution >= 0.6 is 11.6 Å². The molecule has 1 aromatic rings. The highest BCUT2D eigenvalue weighted by atomic mass is 35.5. The van der Waals surface area contributed by atoms with Gasteiger partial charge in [-0.1, -0.05) is 12.1 Å². The molecule has 1 aromatic carbocycles. The maximum Gasteiger partial charge on any atom is 0.269 e. The maximum absolute atomic E-state index is 10.6. The highest BCUT2D eigenvalue weighted by Gasteiger charge is 2.29. The third kappa shape index (κ3) is 2.95. The van der Waals surface area contributed by atoms with E-state index in [1.54, 1.807) is 12.1 Å². The highest BCUT2D eigenvalue weighted by Crippen LogP contribution is 2.37. The second-order valence-electron chi connectivity index (χ2n) is 4.32. The molecular formula is C12H14ClNO2. The lowest BCUT2D eigenvalue weighted by Gasteiger charge is -2.07. The van der Waals surface area contributed by atoms with Gasteiger partial charge in [-0.3, -0.25) is 10.1 Å². The summed E-state index contributed by atoms with van der Waals surface area (Å²) in [6.45, 7) is 0. The molecular weight excluding hydrogens is 226 g/mol. The zero-order valence-electron chi connectivity index (χ0n) is 8.93. The number of nitro groups is 1. The first-order chi connectivity index (χ1) is 7.66. The largest absolute Gasteiger partial charge is 0.269 e. The molecule has 1 saturated carbocycles. The van der Waals surface area contributed by atoms with Crippen LogP contribution in [0.1, 0.15) is 24.8 Å². The number of nitrogens with zero attached hydrogens (tertiary/aromatic N) is 1. The first kappa shape index (κ1) is 11.4. The van der Waals surface area contributed by atoms with Crippen molar-refractivity contribution in [1.29, 1.82) is 0 Å². The number of rotatable bonds is 5. The smallest absolute Gasteiger partial charge is 0.258 e. The first-order valence-electron chi connectivity index (χ1n) is 5.54. The van der Waals surface area contributed by atoms with Gasteiger partial charge in [0.05, 0.1) is 4.92 Å². The van der Waals surface area contributed by atoms with Crippen molar-refractivity contribution in [3.05, 3.63) is 39.9 Å². The van der Waals surface area contributed by atoms with Crippen LogP contribution in [0.25, 0.3) is 0 Å². The number of hydrogen-bond acceptors (Lipinski definition) is 2. The Morgan fingerprint density at radius 1 is 1.50 bits per heavy atom. The number of non-ortho nitro benzene ring substituents is 1. The van der Waals surface area contributed by atoms with E-state index in [2.05, 4.69) is 0 Å². The summed E-state index contributed by atoms with van der Waals surface area (Å²) in [7, 11) is 0. The monoisotopic (exact) mass is 239 g/mol. The number of hydrogen-bond donors (Lipinski definition) is 0. The normalized spacial score (nSPS) is 17.1. The Morgan fingerprint density at radius 3 is 2.88 bits per heavy atom. The molecule has 86 valence electrons. The lowest BCUT2D eigenvalue weighted by Crippen LogP contribution is -2.03. The van der Waals surface area contributed by atoms with E-state index in [9.17, 15) is 10.1 Å². The quantitative estimate of drug-likeness (QED) is 0.448. The van der Waals surface area contributed by atoms with E-state index in [4.69, 9.17) is 11.6 Å². The van der Waals surface area contributed by atoms with Crippen molar-refractivity contribution in [3.63, 3.8) is 0 Å². The van der Waals surface area contributed by atoms with E-state index < -0.39 is 0 Å². The van der Waals surface area contributed by atoms with Gasteiger partial charge in [-0.25, -0.2) is 0 Å². The van der Waals surface area contributed by atoms with Crippen LogP contribution in [-0.4, -0.2) is 10.3 Å². The second kappa shape index (κ2) is 4.83. The van der Waals surface area contributed by atoms with Crippen LogP contribution in [0.3, 0.4) is 0 Å². The van der Waals surface area contributed by atoms with Crippen LogP contribution in [0.2, 0.25) is 0 Å². The zero-order valence-corrected chi connectivity index (χ0v) is 9.69. The van der Waals surface area contributed by atoms with Crippen LogP contribution in [0, 0.1) is 16.0 Å². The SMILES string of the molecule is O=[N+]([O-])c1cccc(CCC(Cl)C2CC2)c1. The van der Waals surface area contributed by atoms with Gasteiger partial charge >= 0.3 is 0 Å². The minimum absolute atomic E-state index is 0.162. The standard InChI is InChI=1S/C12H14ClNO2/c13-12(10-5-6-10)7-4-9-2-1-3-11(8-9)14(15)16/h1-3,8,10,12H,4-7H2. The zero-order chi connectivity index (χ0) is 11.5. The molecule has 1 unspecified atom stereocenters. The van der Waals surface area contributed by atoms with Gasteiger partial charge < -0.3 is 0 Å². The molecule has 0 radical (unpaired) electrons. The summed E-state index contributed by atoms with van der Waals surface area (Å²) >= 11 is 6.20. The Bertz CT molecular complexity index is 390. The summed E-state index contributed by atoms with van der Waals surface area (Å²) in [4.78, 5) is 10.2. The maximum atomic E-state index is 10.6. The van der Waals surface area contributed by atoms with Crippen LogP contribution in [0.15, 0.2) is 24.3 Å². The molecule has 0 heterocycles. The molecule has 4 heteroatoms. The molecule has 0 bridgehead atoms. The molecule has 0 amide bonds. The van der Waals surface area contributed by atoms with Crippen LogP contribution < -0.4 is 0 Å². The predicted octanol–water partition coefficient (Wildman–Crippen LogP) is 3.54. The molecule has 0 spiro atoms. The van der Waals surface area contributed by atoms with E-state index in [0.717, 1.165) is 18.4 Å². The van der Waals surface area contributed by atoms with Gasteiger partial charge in [-0.05, 0) is 37.2 Å². The van der Waals surface area contributed by atoms with E-state index in [-0.39, 0.29) is 16.0 Å². The van der Waals surface area contributed by atoms with Gasteiger partial charge in [0, 0.05) is 17.5 Å². The summed E-state index contributed by atoms with van der Waals surface area (Å²) in [6, 6.07) is 6.80. The van der Waals surface area contributed by atoms with Crippen molar-refractivity contribution in [2.45, 2.75) is 31.1 Å². The minimum atomic E-state index is -0.359. The Hall–Kier alpha value is -1.09. The molecule has 0 saturated heterocycles. The van der Waals surface area contributed by atoms with Crippen molar-refractivity contribution in [2.75, 3.05) is 0 Å². The first-order valence-corrected chi connectivity index (χ1v) is 5.98. The molecule has 2 rings (SSSR count). The van der Waals surface area contributed by atoms with E-state index in [1.165, 1.54) is 18.9 Å². The second-order valence-corrected chi connectivity index (χ2v) is 4.88. The molecule has 1 atom stereocenters. The number of alkyl halides is 1. The van der Waals surface area contributed by atoms with E-state index >= 15 is 0 Å². The van der Waals surface area contributed by atoms with Gasteiger partial charge in [0.15, 0.2) is 0 Å². The fourth-order valence-electron chi connectivity index (χ4n) is 1.82. The van der Waals surface area contributed by atoms with Crippen LogP contribution in [-0.2, 0) is 6.42 Å². The van der Waals surface area contributed by atoms with Crippen molar-refractivity contribution in [3.8, 4) is 0 Å². The molecule has 1 aliphatic carbocycles. The third-order valence-corrected chi connectivity index (χ3v) is 3.54. The lowest BCUT2D eigenvalue weighted by atomic mass is 10.1. The fourth-order valence-corrected chi connectivity index (χ4v) is 2.18. The summed E-state index contributed by atoms with van der Waals surface area (Å²) in [6.07, 6.45) is 4.21. The predicted molar refractivity (Wildman–Crippen MR) is 63.8 cm³/mol. The van der Waals surface area contributed by atoms with Crippen molar-refractivity contribution in [2.24, 2.45) is 5.92 Å². The van der Waals surface area contributed by atoms with Crippen LogP contribution in [0.4, 0.5) is 5.69 Å². The van der Waals surface area contributed by atoms with Gasteiger partial charge in [-0.2, -0.15) is 0 Å². The Balaban J connectivity index is 1.92. The third-order valence-electron chi connectivity index (χ3n) is 2.96. The van der Waals surface area contributed by atoms with E-state index in [1.807, 2.05) is 6.07 Å². The summed E-state index contributed by atoms with van der Waals surface area (Å²) in [5.41, 5.74) is 1.16. The topological polar surface area (TPSA) is 43.1 Å². The van der Waals surface area contributed by atoms with Gasteiger partial charge in [0.1, 0.15) is 0 Å². The highest BCUT2D eigenvalue weighted by molar-refractivity contribution is 6.20. The van der Waals surface area contributed by atoms with Gasteiger partial charge in [-0.15, -0.1) is 11.6 Å². The van der Waals surface area contributed by atoms with Crippen molar-refractivity contribution < 1.29 is 4.92 Å². The molecule has 3 nitrogen and oxygen atoms in total. The summed E-state index contributed by atoms with van der Waals surface area (Å²) < 4.78 is 0. The molecule has 1 fully saturated rings. The molecule has 16 heavy (non-hydrogen) atoms. The molecule has 0 N–H and O–H groups in total. The number of nitro benzene ring substituents is 1. The van der Waals surface area contributed by atoms with E-state index in [0.29, 0.717) is 5.92 Å². The van der Waals surface area contributed by atoms with Crippen molar-refractivity contribution in [1.82, 2.24) is 0 Å².